The molecule has 6 heteroatoms. The zero-order chi connectivity index (χ0) is 13.1. The number of sulfonamides is 1. The second-order valence-corrected chi connectivity index (χ2v) is 6.01. The smallest absolute Gasteiger partial charge is 0.208 e. The number of hydrogen-bond donors (Lipinski definition) is 1. The highest BCUT2D eigenvalue weighted by molar-refractivity contribution is 7.89. The number of benzene rings is 1. The molecule has 0 saturated heterocycles. The molecule has 0 amide bonds. The lowest BCUT2D eigenvalue weighted by atomic mass is 10.2. The van der Waals surface area contributed by atoms with Crippen LogP contribution in [-0.2, 0) is 10.0 Å². The first-order chi connectivity index (χ1) is 7.86. The van der Waals surface area contributed by atoms with Gasteiger partial charge in [0, 0.05) is 6.04 Å². The monoisotopic (exact) mass is 279 g/mol. The SMILES string of the molecule is CCCC(C)NS(=O)(=O)c1ccc(F)c(Cl)c1. The van der Waals surface area contributed by atoms with Gasteiger partial charge in [0.15, 0.2) is 0 Å². The van der Waals surface area contributed by atoms with Crippen molar-refractivity contribution in [1.29, 1.82) is 0 Å². The van der Waals surface area contributed by atoms with Crippen LogP contribution in [-0.4, -0.2) is 14.5 Å². The maximum atomic E-state index is 12.9. The second kappa shape index (κ2) is 5.80. The number of hydrogen-bond acceptors (Lipinski definition) is 2. The van der Waals surface area contributed by atoms with Crippen molar-refractivity contribution in [3.8, 4) is 0 Å². The van der Waals surface area contributed by atoms with Crippen molar-refractivity contribution < 1.29 is 12.8 Å². The van der Waals surface area contributed by atoms with Crippen LogP contribution in [0.4, 0.5) is 4.39 Å². The van der Waals surface area contributed by atoms with Gasteiger partial charge < -0.3 is 0 Å². The quantitative estimate of drug-likeness (QED) is 0.901. The Bertz CT molecular complexity index is 490. The predicted octanol–water partition coefficient (Wildman–Crippen LogP) is 2.95. The van der Waals surface area contributed by atoms with Gasteiger partial charge in [-0.05, 0) is 31.5 Å². The highest BCUT2D eigenvalue weighted by atomic mass is 35.5. The summed E-state index contributed by atoms with van der Waals surface area (Å²) in [5.74, 6) is -0.632. The summed E-state index contributed by atoms with van der Waals surface area (Å²) in [7, 11) is -3.62. The van der Waals surface area contributed by atoms with Gasteiger partial charge in [0.2, 0.25) is 10.0 Å². The largest absolute Gasteiger partial charge is 0.240 e. The maximum absolute atomic E-state index is 12.9. The fourth-order valence-electron chi connectivity index (χ4n) is 1.47. The van der Waals surface area contributed by atoms with Gasteiger partial charge in [-0.2, -0.15) is 0 Å². The molecular weight excluding hydrogens is 265 g/mol. The molecule has 0 aliphatic heterocycles. The zero-order valence-electron chi connectivity index (χ0n) is 9.70. The third kappa shape index (κ3) is 3.94. The molecule has 1 N–H and O–H groups in total. The summed E-state index contributed by atoms with van der Waals surface area (Å²) in [5, 5.41) is -0.198. The molecule has 1 aromatic carbocycles. The van der Waals surface area contributed by atoms with Gasteiger partial charge in [-0.15, -0.1) is 0 Å². The Morgan fingerprint density at radius 3 is 2.65 bits per heavy atom. The van der Waals surface area contributed by atoms with Gasteiger partial charge in [0.1, 0.15) is 5.82 Å². The van der Waals surface area contributed by atoms with Gasteiger partial charge in [-0.3, -0.25) is 0 Å². The highest BCUT2D eigenvalue weighted by Crippen LogP contribution is 2.19. The topological polar surface area (TPSA) is 46.2 Å². The molecule has 1 unspecified atom stereocenters. The summed E-state index contributed by atoms with van der Waals surface area (Å²) in [6.45, 7) is 3.76. The normalized spacial score (nSPS) is 13.6. The first kappa shape index (κ1) is 14.4. The van der Waals surface area contributed by atoms with Crippen LogP contribution < -0.4 is 4.72 Å². The van der Waals surface area contributed by atoms with E-state index in [4.69, 9.17) is 11.6 Å². The number of halogens is 2. The molecule has 0 heterocycles. The summed E-state index contributed by atoms with van der Waals surface area (Å²) in [5.41, 5.74) is 0. The van der Waals surface area contributed by atoms with Crippen molar-refractivity contribution in [1.82, 2.24) is 4.72 Å². The summed E-state index contributed by atoms with van der Waals surface area (Å²) in [4.78, 5) is -0.0214. The maximum Gasteiger partial charge on any atom is 0.240 e. The van der Waals surface area contributed by atoms with Crippen LogP contribution in [0.5, 0.6) is 0 Å². The van der Waals surface area contributed by atoms with Crippen LogP contribution >= 0.6 is 11.6 Å². The average molecular weight is 280 g/mol. The van der Waals surface area contributed by atoms with Gasteiger partial charge >= 0.3 is 0 Å². The molecule has 0 fully saturated rings. The van der Waals surface area contributed by atoms with E-state index in [2.05, 4.69) is 4.72 Å². The predicted molar refractivity (Wildman–Crippen MR) is 66.1 cm³/mol. The minimum absolute atomic E-state index is 0.0214. The van der Waals surface area contributed by atoms with Crippen molar-refractivity contribution >= 4 is 21.6 Å². The summed E-state index contributed by atoms with van der Waals surface area (Å²) in [6.07, 6.45) is 1.63. The van der Waals surface area contributed by atoms with E-state index in [-0.39, 0.29) is 16.0 Å². The molecule has 0 aliphatic rings. The number of rotatable bonds is 5. The van der Waals surface area contributed by atoms with E-state index >= 15 is 0 Å². The molecule has 1 aromatic rings. The third-order valence-corrected chi connectivity index (χ3v) is 4.16. The first-order valence-electron chi connectivity index (χ1n) is 5.34. The minimum Gasteiger partial charge on any atom is -0.208 e. The van der Waals surface area contributed by atoms with Crippen LogP contribution in [0.25, 0.3) is 0 Å². The van der Waals surface area contributed by atoms with E-state index < -0.39 is 15.8 Å². The van der Waals surface area contributed by atoms with Gasteiger partial charge in [-0.25, -0.2) is 17.5 Å². The zero-order valence-corrected chi connectivity index (χ0v) is 11.3. The minimum atomic E-state index is -3.62. The molecule has 0 radical (unpaired) electrons. The Hall–Kier alpha value is -0.650. The molecule has 1 rings (SSSR count). The number of nitrogens with one attached hydrogen (secondary N) is 1. The first-order valence-corrected chi connectivity index (χ1v) is 7.20. The van der Waals surface area contributed by atoms with Gasteiger partial charge in [0.05, 0.1) is 9.92 Å². The van der Waals surface area contributed by atoms with Crippen molar-refractivity contribution in [3.63, 3.8) is 0 Å². The van der Waals surface area contributed by atoms with E-state index in [0.717, 1.165) is 25.0 Å². The second-order valence-electron chi connectivity index (χ2n) is 3.89. The summed E-state index contributed by atoms with van der Waals surface area (Å²) < 4.78 is 39.2. The standard InChI is InChI=1S/C11H15ClFNO2S/c1-3-4-8(2)14-17(15,16)9-5-6-11(13)10(12)7-9/h5-8,14H,3-4H2,1-2H3. The van der Waals surface area contributed by atoms with E-state index in [0.29, 0.717) is 0 Å². The molecule has 96 valence electrons. The van der Waals surface area contributed by atoms with E-state index in [9.17, 15) is 12.8 Å². The van der Waals surface area contributed by atoms with Crippen LogP contribution in [0.2, 0.25) is 5.02 Å². The lowest BCUT2D eigenvalue weighted by Gasteiger charge is -2.13. The Kier molecular flexibility index (Phi) is 4.91. The van der Waals surface area contributed by atoms with Crippen LogP contribution in [0.15, 0.2) is 23.1 Å². The van der Waals surface area contributed by atoms with Gasteiger partial charge in [0.25, 0.3) is 0 Å². The van der Waals surface area contributed by atoms with Crippen molar-refractivity contribution in [2.75, 3.05) is 0 Å². The lowest BCUT2D eigenvalue weighted by molar-refractivity contribution is 0.543. The highest BCUT2D eigenvalue weighted by Gasteiger charge is 2.18. The van der Waals surface area contributed by atoms with Crippen molar-refractivity contribution in [2.45, 2.75) is 37.6 Å². The Balaban J connectivity index is 2.93. The van der Waals surface area contributed by atoms with Crippen LogP contribution in [0.1, 0.15) is 26.7 Å². The summed E-state index contributed by atoms with van der Waals surface area (Å²) >= 11 is 5.55. The third-order valence-electron chi connectivity index (χ3n) is 2.28. The molecule has 0 bridgehead atoms. The van der Waals surface area contributed by atoms with E-state index in [1.165, 1.54) is 6.07 Å². The molecule has 17 heavy (non-hydrogen) atoms. The summed E-state index contributed by atoms with van der Waals surface area (Å²) in [6, 6.07) is 3.19. The van der Waals surface area contributed by atoms with Crippen LogP contribution in [0.3, 0.4) is 0 Å². The fraction of sp³-hybridized carbons (Fsp3) is 0.455. The van der Waals surface area contributed by atoms with Crippen molar-refractivity contribution in [3.05, 3.63) is 29.0 Å². The molecule has 0 spiro atoms. The Morgan fingerprint density at radius 2 is 2.12 bits per heavy atom. The van der Waals surface area contributed by atoms with Crippen molar-refractivity contribution in [2.24, 2.45) is 0 Å². The molecular formula is C11H15ClFNO2S. The lowest BCUT2D eigenvalue weighted by Crippen LogP contribution is -2.32. The molecule has 0 aliphatic carbocycles. The molecule has 0 saturated carbocycles. The van der Waals surface area contributed by atoms with E-state index in [1.807, 2.05) is 6.92 Å². The fourth-order valence-corrected chi connectivity index (χ4v) is 3.02. The molecule has 0 aromatic heterocycles. The van der Waals surface area contributed by atoms with Crippen LogP contribution in [0, 0.1) is 5.82 Å². The Morgan fingerprint density at radius 1 is 1.47 bits per heavy atom. The molecule has 1 atom stereocenters. The molecule has 3 nitrogen and oxygen atoms in total. The van der Waals surface area contributed by atoms with E-state index in [1.54, 1.807) is 6.92 Å². The van der Waals surface area contributed by atoms with Gasteiger partial charge in [-0.1, -0.05) is 24.9 Å². The average Bonchev–Trinajstić information content (AvgIpc) is 2.21. The Labute approximate surface area is 106 Å².